The van der Waals surface area contributed by atoms with Gasteiger partial charge in [-0.2, -0.15) is 0 Å². The van der Waals surface area contributed by atoms with Crippen molar-refractivity contribution in [2.45, 2.75) is 48.3 Å². The van der Waals surface area contributed by atoms with E-state index in [0.717, 1.165) is 40.3 Å². The molecule has 2 N–H and O–H groups in total. The van der Waals surface area contributed by atoms with Crippen LogP contribution in [-0.4, -0.2) is 30.2 Å². The third-order valence-electron chi connectivity index (χ3n) is 6.84. The van der Waals surface area contributed by atoms with E-state index in [0.29, 0.717) is 19.5 Å². The third kappa shape index (κ3) is 8.48. The molecule has 40 heavy (non-hydrogen) atoms. The maximum Gasteiger partial charge on any atom is 0.321 e. The van der Waals surface area contributed by atoms with E-state index in [1.807, 2.05) is 96.8 Å². The lowest BCUT2D eigenvalue weighted by atomic mass is 9.97. The first kappa shape index (κ1) is 29.0. The number of nitrogens with zero attached hydrogens (tertiary/aromatic N) is 1. The first-order chi connectivity index (χ1) is 19.5. The molecular formula is C34H36N2O3S. The second-order valence-corrected chi connectivity index (χ2v) is 10.8. The SMILES string of the molecule is CCC(C(=O)O)c1ccc(Sc2ccc(N(CCCc3ccccc3)C(=O)NCCc3ccccc3)cc2)cc1. The Labute approximate surface area is 241 Å². The summed E-state index contributed by atoms with van der Waals surface area (Å²) in [5, 5.41) is 12.5. The Morgan fingerprint density at radius 3 is 1.88 bits per heavy atom. The second-order valence-electron chi connectivity index (χ2n) is 9.67. The van der Waals surface area contributed by atoms with Gasteiger partial charge >= 0.3 is 12.0 Å². The van der Waals surface area contributed by atoms with Gasteiger partial charge in [0.25, 0.3) is 0 Å². The van der Waals surface area contributed by atoms with Gasteiger partial charge in [-0.15, -0.1) is 0 Å². The molecule has 2 amide bonds. The molecule has 0 fully saturated rings. The Bertz CT molecular complexity index is 1340. The molecule has 1 atom stereocenters. The number of hydrogen-bond acceptors (Lipinski definition) is 3. The lowest BCUT2D eigenvalue weighted by Gasteiger charge is -2.24. The molecule has 1 unspecified atom stereocenters. The van der Waals surface area contributed by atoms with Gasteiger partial charge in [-0.3, -0.25) is 9.69 Å². The zero-order chi connectivity index (χ0) is 28.2. The minimum absolute atomic E-state index is 0.0936. The fraction of sp³-hybridized carbons (Fsp3) is 0.235. The predicted octanol–water partition coefficient (Wildman–Crippen LogP) is 7.81. The summed E-state index contributed by atoms with van der Waals surface area (Å²) < 4.78 is 0. The maximum atomic E-state index is 13.3. The van der Waals surface area contributed by atoms with Gasteiger partial charge in [0.2, 0.25) is 0 Å². The van der Waals surface area contributed by atoms with Crippen LogP contribution in [0.15, 0.2) is 119 Å². The number of amides is 2. The fourth-order valence-electron chi connectivity index (χ4n) is 4.64. The monoisotopic (exact) mass is 552 g/mol. The lowest BCUT2D eigenvalue weighted by molar-refractivity contribution is -0.138. The molecule has 6 heteroatoms. The predicted molar refractivity (Wildman–Crippen MR) is 163 cm³/mol. The van der Waals surface area contributed by atoms with Gasteiger partial charge in [0.05, 0.1) is 5.92 Å². The second kappa shape index (κ2) is 14.9. The van der Waals surface area contributed by atoms with E-state index in [1.165, 1.54) is 11.1 Å². The van der Waals surface area contributed by atoms with Crippen LogP contribution in [0.5, 0.6) is 0 Å². The molecule has 0 spiro atoms. The average Bonchev–Trinajstić information content (AvgIpc) is 2.98. The van der Waals surface area contributed by atoms with E-state index in [-0.39, 0.29) is 6.03 Å². The molecule has 4 rings (SSSR count). The van der Waals surface area contributed by atoms with Gasteiger partial charge in [0, 0.05) is 28.6 Å². The molecule has 0 aliphatic rings. The van der Waals surface area contributed by atoms with E-state index in [1.54, 1.807) is 11.8 Å². The van der Waals surface area contributed by atoms with E-state index in [2.05, 4.69) is 29.6 Å². The van der Waals surface area contributed by atoms with E-state index >= 15 is 0 Å². The molecular weight excluding hydrogens is 516 g/mol. The summed E-state index contributed by atoms with van der Waals surface area (Å²) in [7, 11) is 0. The highest BCUT2D eigenvalue weighted by Crippen LogP contribution is 2.31. The van der Waals surface area contributed by atoms with E-state index in [4.69, 9.17) is 0 Å². The number of nitrogens with one attached hydrogen (secondary N) is 1. The van der Waals surface area contributed by atoms with Crippen LogP contribution in [-0.2, 0) is 17.6 Å². The minimum Gasteiger partial charge on any atom is -0.481 e. The number of hydrogen-bond donors (Lipinski definition) is 2. The van der Waals surface area contributed by atoms with Crippen LogP contribution in [0.2, 0.25) is 0 Å². The van der Waals surface area contributed by atoms with Crippen LogP contribution in [0.25, 0.3) is 0 Å². The van der Waals surface area contributed by atoms with Crippen molar-refractivity contribution in [2.24, 2.45) is 0 Å². The number of rotatable bonds is 13. The molecule has 5 nitrogen and oxygen atoms in total. The molecule has 206 valence electrons. The Morgan fingerprint density at radius 2 is 1.32 bits per heavy atom. The van der Waals surface area contributed by atoms with E-state index < -0.39 is 11.9 Å². The van der Waals surface area contributed by atoms with Crippen LogP contribution in [0, 0.1) is 0 Å². The first-order valence-corrected chi connectivity index (χ1v) is 14.6. The number of anilines is 1. The molecule has 0 aliphatic heterocycles. The van der Waals surface area contributed by atoms with Gasteiger partial charge in [-0.25, -0.2) is 4.79 Å². The molecule has 0 aromatic heterocycles. The molecule has 4 aromatic carbocycles. The highest BCUT2D eigenvalue weighted by Gasteiger charge is 2.18. The Kier molecular flexibility index (Phi) is 10.8. The van der Waals surface area contributed by atoms with Crippen LogP contribution in [0.1, 0.15) is 42.4 Å². The van der Waals surface area contributed by atoms with Crippen molar-refractivity contribution < 1.29 is 14.7 Å². The van der Waals surface area contributed by atoms with Crippen LogP contribution in [0.3, 0.4) is 0 Å². The standard InChI is InChI=1S/C34H36N2O3S/c1-2-32(33(37)38)28-15-19-30(20-16-28)40-31-21-17-29(18-22-31)36(25-9-14-26-10-5-3-6-11-26)34(39)35-24-23-27-12-7-4-8-13-27/h3-8,10-13,15-22,32H,2,9,14,23-25H2,1H3,(H,35,39)(H,37,38). The zero-order valence-corrected chi connectivity index (χ0v) is 23.6. The average molecular weight is 553 g/mol. The number of carbonyl (C=O) groups is 2. The van der Waals surface area contributed by atoms with Crippen molar-refractivity contribution in [3.63, 3.8) is 0 Å². The van der Waals surface area contributed by atoms with Crippen LogP contribution < -0.4 is 10.2 Å². The van der Waals surface area contributed by atoms with Gasteiger partial charge < -0.3 is 10.4 Å². The molecule has 0 radical (unpaired) electrons. The van der Waals surface area contributed by atoms with Gasteiger partial charge in [-0.05, 0) is 78.8 Å². The Morgan fingerprint density at radius 1 is 0.775 bits per heavy atom. The van der Waals surface area contributed by atoms with Crippen molar-refractivity contribution in [1.29, 1.82) is 0 Å². The molecule has 0 bridgehead atoms. The number of aliphatic carboxylic acids is 1. The van der Waals surface area contributed by atoms with Crippen molar-refractivity contribution in [1.82, 2.24) is 5.32 Å². The summed E-state index contributed by atoms with van der Waals surface area (Å²) in [5.74, 6) is -1.28. The Hall–Kier alpha value is -4.03. The largest absolute Gasteiger partial charge is 0.481 e. The summed E-state index contributed by atoms with van der Waals surface area (Å²) in [4.78, 5) is 28.7. The fourth-order valence-corrected chi connectivity index (χ4v) is 5.46. The quantitative estimate of drug-likeness (QED) is 0.177. The van der Waals surface area contributed by atoms with Crippen molar-refractivity contribution >= 4 is 29.4 Å². The highest BCUT2D eigenvalue weighted by molar-refractivity contribution is 7.99. The summed E-state index contributed by atoms with van der Waals surface area (Å²) >= 11 is 1.61. The number of benzene rings is 4. The molecule has 0 saturated carbocycles. The first-order valence-electron chi connectivity index (χ1n) is 13.8. The number of carboxylic acid groups (broad SMARTS) is 1. The highest BCUT2D eigenvalue weighted by atomic mass is 32.2. The smallest absolute Gasteiger partial charge is 0.321 e. The molecule has 4 aromatic rings. The van der Waals surface area contributed by atoms with Crippen molar-refractivity contribution in [3.8, 4) is 0 Å². The van der Waals surface area contributed by atoms with Crippen LogP contribution in [0.4, 0.5) is 10.5 Å². The number of aryl methyl sites for hydroxylation is 1. The van der Waals surface area contributed by atoms with E-state index in [9.17, 15) is 14.7 Å². The topological polar surface area (TPSA) is 69.6 Å². The summed E-state index contributed by atoms with van der Waals surface area (Å²) in [6.07, 6.45) is 3.10. The molecule has 0 heterocycles. The lowest BCUT2D eigenvalue weighted by Crippen LogP contribution is -2.41. The van der Waals surface area contributed by atoms with Crippen molar-refractivity contribution in [3.05, 3.63) is 126 Å². The third-order valence-corrected chi connectivity index (χ3v) is 7.86. The normalized spacial score (nSPS) is 11.5. The number of carboxylic acids is 1. The van der Waals surface area contributed by atoms with Gasteiger partial charge in [-0.1, -0.05) is 91.5 Å². The molecule has 0 saturated heterocycles. The van der Waals surface area contributed by atoms with Crippen LogP contribution >= 0.6 is 11.8 Å². The summed E-state index contributed by atoms with van der Waals surface area (Å²) in [5.41, 5.74) is 4.13. The molecule has 0 aliphatic carbocycles. The number of urea groups is 1. The summed E-state index contributed by atoms with van der Waals surface area (Å²) in [6.45, 7) is 3.07. The number of carbonyl (C=O) groups excluding carboxylic acids is 1. The minimum atomic E-state index is -0.795. The van der Waals surface area contributed by atoms with Gasteiger partial charge in [0.15, 0.2) is 0 Å². The van der Waals surface area contributed by atoms with Crippen molar-refractivity contribution in [2.75, 3.05) is 18.0 Å². The van der Waals surface area contributed by atoms with Gasteiger partial charge in [0.1, 0.15) is 0 Å². The Balaban J connectivity index is 1.40. The maximum absolute atomic E-state index is 13.3. The summed E-state index contributed by atoms with van der Waals surface area (Å²) in [6, 6.07) is 36.2. The zero-order valence-electron chi connectivity index (χ0n) is 22.8.